The van der Waals surface area contributed by atoms with Gasteiger partial charge in [-0.25, -0.2) is 0 Å². The number of amides is 1. The molecule has 0 aromatic rings. The molecule has 1 aliphatic heterocycles. The Labute approximate surface area is 94.9 Å². The number of carbonyl (C=O) groups is 1. The zero-order valence-corrected chi connectivity index (χ0v) is 9.72. The van der Waals surface area contributed by atoms with Crippen LogP contribution >= 0.6 is 11.6 Å². The number of nitrogens with one attached hydrogen (secondary N) is 1. The van der Waals surface area contributed by atoms with Crippen LogP contribution in [-0.4, -0.2) is 42.3 Å². The molecule has 15 heavy (non-hydrogen) atoms. The van der Waals surface area contributed by atoms with Crippen molar-refractivity contribution in [3.8, 4) is 0 Å². The van der Waals surface area contributed by atoms with Gasteiger partial charge in [-0.1, -0.05) is 6.92 Å². The van der Waals surface area contributed by atoms with E-state index in [9.17, 15) is 9.90 Å². The molecule has 1 atom stereocenters. The van der Waals surface area contributed by atoms with Crippen LogP contribution in [0.1, 0.15) is 19.8 Å². The Bertz CT molecular complexity index is 217. The number of halogens is 1. The standard InChI is InChI=1S/C10H18ClNO3/c1-8(6-11)9(14)12-10(7-13)2-4-15-5-3-10/h8,13H,2-7H2,1H3,(H,12,14). The minimum Gasteiger partial charge on any atom is -0.394 e. The van der Waals surface area contributed by atoms with Crippen LogP contribution in [0.5, 0.6) is 0 Å². The predicted octanol–water partition coefficient (Wildman–Crippen LogP) is 0.519. The molecule has 1 rings (SSSR count). The minimum absolute atomic E-state index is 0.0445. The SMILES string of the molecule is CC(CCl)C(=O)NC1(CO)CCOCC1. The molecular formula is C10H18ClNO3. The Morgan fingerprint density at radius 3 is 2.67 bits per heavy atom. The average molecular weight is 236 g/mol. The molecule has 1 unspecified atom stereocenters. The lowest BCUT2D eigenvalue weighted by Crippen LogP contribution is -2.55. The van der Waals surface area contributed by atoms with Gasteiger partial charge in [-0.2, -0.15) is 0 Å². The number of aliphatic hydroxyl groups excluding tert-OH is 1. The smallest absolute Gasteiger partial charge is 0.224 e. The van der Waals surface area contributed by atoms with Crippen LogP contribution in [0.15, 0.2) is 0 Å². The number of ether oxygens (including phenoxy) is 1. The molecule has 1 fully saturated rings. The van der Waals surface area contributed by atoms with Crippen molar-refractivity contribution in [1.29, 1.82) is 0 Å². The molecule has 0 aromatic heterocycles. The maximum Gasteiger partial charge on any atom is 0.224 e. The third-order valence-electron chi connectivity index (χ3n) is 2.82. The summed E-state index contributed by atoms with van der Waals surface area (Å²) in [7, 11) is 0. The van der Waals surface area contributed by atoms with Crippen molar-refractivity contribution in [2.24, 2.45) is 5.92 Å². The van der Waals surface area contributed by atoms with E-state index in [-0.39, 0.29) is 18.4 Å². The number of carbonyl (C=O) groups excluding carboxylic acids is 1. The Balaban J connectivity index is 2.55. The maximum absolute atomic E-state index is 11.7. The molecule has 1 amide bonds. The Kier molecular flexibility index (Phi) is 4.83. The highest BCUT2D eigenvalue weighted by Crippen LogP contribution is 2.20. The van der Waals surface area contributed by atoms with E-state index in [1.807, 2.05) is 0 Å². The summed E-state index contributed by atoms with van der Waals surface area (Å²) in [6.45, 7) is 2.88. The summed E-state index contributed by atoms with van der Waals surface area (Å²) in [6.07, 6.45) is 1.31. The summed E-state index contributed by atoms with van der Waals surface area (Å²) in [5, 5.41) is 12.2. The highest BCUT2D eigenvalue weighted by Gasteiger charge is 2.34. The number of hydrogen-bond donors (Lipinski definition) is 2. The fraction of sp³-hybridized carbons (Fsp3) is 0.900. The van der Waals surface area contributed by atoms with Crippen LogP contribution in [0.2, 0.25) is 0 Å². The fourth-order valence-corrected chi connectivity index (χ4v) is 1.68. The van der Waals surface area contributed by atoms with Crippen molar-refractivity contribution in [3.63, 3.8) is 0 Å². The minimum atomic E-state index is -0.504. The molecular weight excluding hydrogens is 218 g/mol. The first kappa shape index (κ1) is 12.7. The first-order valence-electron chi connectivity index (χ1n) is 5.20. The predicted molar refractivity (Wildman–Crippen MR) is 57.9 cm³/mol. The summed E-state index contributed by atoms with van der Waals surface area (Å²) in [5.74, 6) is -0.0250. The molecule has 0 radical (unpaired) electrons. The van der Waals surface area contributed by atoms with Crippen LogP contribution in [0, 0.1) is 5.92 Å². The van der Waals surface area contributed by atoms with Gasteiger partial charge in [0.25, 0.3) is 0 Å². The molecule has 4 nitrogen and oxygen atoms in total. The van der Waals surface area contributed by atoms with E-state index < -0.39 is 5.54 Å². The van der Waals surface area contributed by atoms with E-state index >= 15 is 0 Å². The van der Waals surface area contributed by atoms with Crippen molar-refractivity contribution in [3.05, 3.63) is 0 Å². The zero-order valence-electron chi connectivity index (χ0n) is 8.96. The van der Waals surface area contributed by atoms with Crippen molar-refractivity contribution < 1.29 is 14.6 Å². The molecule has 1 aliphatic rings. The number of aliphatic hydroxyl groups is 1. The molecule has 0 saturated carbocycles. The second-order valence-electron chi connectivity index (χ2n) is 4.10. The van der Waals surface area contributed by atoms with Crippen molar-refractivity contribution in [1.82, 2.24) is 5.32 Å². The van der Waals surface area contributed by atoms with Gasteiger partial charge in [0.1, 0.15) is 0 Å². The summed E-state index contributed by atoms with van der Waals surface area (Å²) < 4.78 is 5.21. The largest absolute Gasteiger partial charge is 0.394 e. The molecule has 88 valence electrons. The quantitative estimate of drug-likeness (QED) is 0.699. The fourth-order valence-electron chi connectivity index (χ4n) is 1.54. The lowest BCUT2D eigenvalue weighted by Gasteiger charge is -2.36. The third-order valence-corrected chi connectivity index (χ3v) is 3.28. The van der Waals surface area contributed by atoms with Gasteiger partial charge in [-0.05, 0) is 12.8 Å². The van der Waals surface area contributed by atoms with Gasteiger partial charge in [0.05, 0.1) is 12.1 Å². The van der Waals surface area contributed by atoms with Crippen LogP contribution in [0.3, 0.4) is 0 Å². The van der Waals surface area contributed by atoms with Crippen LogP contribution in [-0.2, 0) is 9.53 Å². The van der Waals surface area contributed by atoms with E-state index in [4.69, 9.17) is 16.3 Å². The lowest BCUT2D eigenvalue weighted by atomic mass is 9.90. The van der Waals surface area contributed by atoms with E-state index in [1.165, 1.54) is 0 Å². The van der Waals surface area contributed by atoms with E-state index in [1.54, 1.807) is 6.92 Å². The second kappa shape index (κ2) is 5.68. The van der Waals surface area contributed by atoms with Crippen molar-refractivity contribution in [2.45, 2.75) is 25.3 Å². The monoisotopic (exact) mass is 235 g/mol. The Morgan fingerprint density at radius 1 is 1.60 bits per heavy atom. The van der Waals surface area contributed by atoms with Crippen LogP contribution < -0.4 is 5.32 Å². The maximum atomic E-state index is 11.7. The highest BCUT2D eigenvalue weighted by molar-refractivity contribution is 6.19. The molecule has 0 spiro atoms. The zero-order chi connectivity index (χ0) is 11.3. The molecule has 0 aliphatic carbocycles. The molecule has 0 bridgehead atoms. The van der Waals surface area contributed by atoms with Crippen molar-refractivity contribution in [2.75, 3.05) is 25.7 Å². The Hall–Kier alpha value is -0.320. The lowest BCUT2D eigenvalue weighted by molar-refractivity contribution is -0.128. The molecule has 1 heterocycles. The van der Waals surface area contributed by atoms with Gasteiger partial charge in [-0.15, -0.1) is 11.6 Å². The summed E-state index contributed by atoms with van der Waals surface area (Å²) in [6, 6.07) is 0. The van der Waals surface area contributed by atoms with E-state index in [0.717, 1.165) is 0 Å². The first-order chi connectivity index (χ1) is 7.13. The first-order valence-corrected chi connectivity index (χ1v) is 5.73. The highest BCUT2D eigenvalue weighted by atomic mass is 35.5. The topological polar surface area (TPSA) is 58.6 Å². The average Bonchev–Trinajstić information content (AvgIpc) is 2.29. The third kappa shape index (κ3) is 3.33. The molecule has 2 N–H and O–H groups in total. The van der Waals surface area contributed by atoms with Gasteiger partial charge in [0.15, 0.2) is 0 Å². The van der Waals surface area contributed by atoms with Gasteiger partial charge in [0.2, 0.25) is 5.91 Å². The Morgan fingerprint density at radius 2 is 2.20 bits per heavy atom. The van der Waals surface area contributed by atoms with Gasteiger partial charge in [0, 0.05) is 25.0 Å². The van der Waals surface area contributed by atoms with Gasteiger partial charge in [-0.3, -0.25) is 4.79 Å². The number of rotatable bonds is 4. The summed E-state index contributed by atoms with van der Waals surface area (Å²) in [5.41, 5.74) is -0.504. The van der Waals surface area contributed by atoms with Crippen LogP contribution in [0.25, 0.3) is 0 Å². The van der Waals surface area contributed by atoms with Crippen molar-refractivity contribution >= 4 is 17.5 Å². The number of alkyl halides is 1. The molecule has 5 heteroatoms. The van der Waals surface area contributed by atoms with Gasteiger partial charge >= 0.3 is 0 Å². The summed E-state index contributed by atoms with van der Waals surface area (Å²) in [4.78, 5) is 11.7. The normalized spacial score (nSPS) is 22.1. The second-order valence-corrected chi connectivity index (χ2v) is 4.40. The van der Waals surface area contributed by atoms with E-state index in [2.05, 4.69) is 5.32 Å². The van der Waals surface area contributed by atoms with E-state index in [0.29, 0.717) is 31.9 Å². The summed E-state index contributed by atoms with van der Waals surface area (Å²) >= 11 is 5.61. The van der Waals surface area contributed by atoms with Crippen LogP contribution in [0.4, 0.5) is 0 Å². The number of hydrogen-bond acceptors (Lipinski definition) is 3. The molecule has 1 saturated heterocycles. The molecule has 0 aromatic carbocycles. The van der Waals surface area contributed by atoms with Gasteiger partial charge < -0.3 is 15.2 Å².